The van der Waals surface area contributed by atoms with E-state index in [0.29, 0.717) is 32.5 Å². The molecule has 3 saturated heterocycles. The van der Waals surface area contributed by atoms with E-state index in [4.69, 9.17) is 14.1 Å². The van der Waals surface area contributed by atoms with Crippen LogP contribution in [-0.2, 0) is 25.3 Å². The maximum Gasteiger partial charge on any atom is 0.261 e. The van der Waals surface area contributed by atoms with Gasteiger partial charge in [-0.2, -0.15) is 0 Å². The third-order valence-electron chi connectivity index (χ3n) is 14.0. The van der Waals surface area contributed by atoms with E-state index in [1.807, 2.05) is 36.4 Å². The lowest BCUT2D eigenvalue weighted by molar-refractivity contribution is -0.144. The van der Waals surface area contributed by atoms with Gasteiger partial charge in [0.15, 0.2) is 0 Å². The van der Waals surface area contributed by atoms with Crippen LogP contribution in [-0.4, -0.2) is 78.5 Å². The van der Waals surface area contributed by atoms with Crippen molar-refractivity contribution in [1.29, 1.82) is 0 Å². The second kappa shape index (κ2) is 18.3. The molecular weight excluding hydrogens is 799 g/mol. The first kappa shape index (κ1) is 42.8. The monoisotopic (exact) mass is 857 g/mol. The fraction of sp³-hybridized carbons (Fsp3) is 0.352. The summed E-state index contributed by atoms with van der Waals surface area (Å²) in [6.07, 6.45) is 7.00. The van der Waals surface area contributed by atoms with Gasteiger partial charge in [0, 0.05) is 37.8 Å². The lowest BCUT2D eigenvalue weighted by atomic mass is 9.69. The number of fused-ring (bicyclic) bond motifs is 3. The SMILES string of the molecule is CC(C)(C)[Si](OCC1=C2[C@@H](CC/C(=C/c3cccc(O)c3)c3ccccn3)OC[C@@H]2[C@@H]2C(=O)N(C3CCN(Cc4ccccc4)CC3)C(=O)[C@@H]2C1)(c1ccccc1)c1ccccc1. The van der Waals surface area contributed by atoms with Gasteiger partial charge in [-0.05, 0) is 106 Å². The molecule has 2 amide bonds. The molecule has 5 aromatic rings. The van der Waals surface area contributed by atoms with E-state index in [2.05, 4.69) is 117 Å². The van der Waals surface area contributed by atoms with Crippen LogP contribution in [0.25, 0.3) is 11.6 Å². The van der Waals surface area contributed by atoms with Crippen LogP contribution in [0.4, 0.5) is 0 Å². The van der Waals surface area contributed by atoms with Crippen molar-refractivity contribution in [1.82, 2.24) is 14.8 Å². The molecule has 9 heteroatoms. The third-order valence-corrected chi connectivity index (χ3v) is 19.0. The predicted octanol–water partition coefficient (Wildman–Crippen LogP) is 8.67. The van der Waals surface area contributed by atoms with Gasteiger partial charge < -0.3 is 14.3 Å². The molecule has 4 atom stereocenters. The van der Waals surface area contributed by atoms with Gasteiger partial charge in [-0.3, -0.25) is 24.4 Å². The van der Waals surface area contributed by atoms with Gasteiger partial charge in [-0.25, -0.2) is 0 Å². The fourth-order valence-corrected chi connectivity index (χ4v) is 15.6. The summed E-state index contributed by atoms with van der Waals surface area (Å²) in [5, 5.41) is 12.5. The summed E-state index contributed by atoms with van der Waals surface area (Å²) in [7, 11) is -2.95. The number of aromatic hydroxyl groups is 1. The summed E-state index contributed by atoms with van der Waals surface area (Å²) in [5.41, 5.74) is 6.32. The van der Waals surface area contributed by atoms with Crippen molar-refractivity contribution in [2.75, 3.05) is 26.3 Å². The number of carbonyl (C=O) groups is 2. The van der Waals surface area contributed by atoms with Crippen molar-refractivity contribution in [2.24, 2.45) is 17.8 Å². The number of likely N-dealkylation sites (tertiary alicyclic amines) is 2. The van der Waals surface area contributed by atoms with Crippen molar-refractivity contribution in [2.45, 2.75) is 76.6 Å². The highest BCUT2D eigenvalue weighted by molar-refractivity contribution is 6.99. The zero-order valence-electron chi connectivity index (χ0n) is 36.7. The molecule has 324 valence electrons. The quantitative estimate of drug-likeness (QED) is 0.0721. The van der Waals surface area contributed by atoms with E-state index >= 15 is 0 Å². The first-order valence-corrected chi connectivity index (χ1v) is 24.6. The Morgan fingerprint density at radius 3 is 2.13 bits per heavy atom. The van der Waals surface area contributed by atoms with Gasteiger partial charge in [0.25, 0.3) is 8.32 Å². The van der Waals surface area contributed by atoms with Gasteiger partial charge in [0.1, 0.15) is 5.75 Å². The highest BCUT2D eigenvalue weighted by Gasteiger charge is 2.59. The van der Waals surface area contributed by atoms with Crippen molar-refractivity contribution in [3.05, 3.63) is 168 Å². The van der Waals surface area contributed by atoms with Crippen LogP contribution < -0.4 is 10.4 Å². The predicted molar refractivity (Wildman–Crippen MR) is 251 cm³/mol. The molecule has 0 spiro atoms. The zero-order chi connectivity index (χ0) is 43.6. The summed E-state index contributed by atoms with van der Waals surface area (Å²) >= 11 is 0. The van der Waals surface area contributed by atoms with Crippen LogP contribution >= 0.6 is 0 Å². The molecule has 1 N–H and O–H groups in total. The summed E-state index contributed by atoms with van der Waals surface area (Å²) in [5.74, 6) is -0.940. The number of phenolic OH excluding ortho intramolecular Hbond substituents is 1. The standard InChI is InChI=1S/C54H59N3O5Si/c1-54(2,3)63(44-20-9-5-10-21-44,45-22-11-6-12-23-45)62-36-41-34-46-51(53(60)57(52(46)59)42-27-30-56(31-28-42)35-38-16-7-4-8-17-38)47-37-61-49(50(41)47)26-25-40(48-24-13-14-29-55-48)32-39-18-15-19-43(58)33-39/h4-24,29,32-33,42,46-47,49,51,58H,25-28,30-31,34-37H2,1-3H3/b40-32-/t46-,47+,49-,51-/m1/s1. The minimum absolute atomic E-state index is 0.0246. The van der Waals surface area contributed by atoms with Gasteiger partial charge >= 0.3 is 0 Å². The lowest BCUT2D eigenvalue weighted by Crippen LogP contribution is -2.66. The van der Waals surface area contributed by atoms with Crippen molar-refractivity contribution >= 4 is 42.2 Å². The number of hydrogen-bond acceptors (Lipinski definition) is 7. The van der Waals surface area contributed by atoms with Crippen molar-refractivity contribution in [3.8, 4) is 5.75 Å². The Bertz CT molecular complexity index is 2410. The number of allylic oxidation sites excluding steroid dienone is 1. The van der Waals surface area contributed by atoms with Crippen molar-refractivity contribution in [3.63, 3.8) is 0 Å². The molecule has 0 radical (unpaired) electrons. The van der Waals surface area contributed by atoms with Crippen LogP contribution in [0.3, 0.4) is 0 Å². The summed E-state index contributed by atoms with van der Waals surface area (Å²) in [4.78, 5) is 38.5. The average Bonchev–Trinajstić information content (AvgIpc) is 3.83. The highest BCUT2D eigenvalue weighted by atomic mass is 28.4. The van der Waals surface area contributed by atoms with E-state index in [1.165, 1.54) is 15.9 Å². The first-order valence-electron chi connectivity index (χ1n) is 22.7. The van der Waals surface area contributed by atoms with Gasteiger partial charge in [0.2, 0.25) is 11.8 Å². The van der Waals surface area contributed by atoms with Crippen LogP contribution in [0.5, 0.6) is 5.75 Å². The number of carbonyl (C=O) groups excluding carboxylic acids is 2. The Morgan fingerprint density at radius 2 is 1.49 bits per heavy atom. The van der Waals surface area contributed by atoms with Crippen LogP contribution in [0.1, 0.15) is 69.7 Å². The summed E-state index contributed by atoms with van der Waals surface area (Å²) in [6.45, 7) is 10.2. The number of piperidine rings is 1. The summed E-state index contributed by atoms with van der Waals surface area (Å²) < 4.78 is 14.4. The largest absolute Gasteiger partial charge is 0.508 e. The minimum atomic E-state index is -2.95. The molecule has 0 saturated carbocycles. The Morgan fingerprint density at radius 1 is 0.825 bits per heavy atom. The Kier molecular flexibility index (Phi) is 12.5. The van der Waals surface area contributed by atoms with Crippen LogP contribution in [0.2, 0.25) is 5.04 Å². The maximum absolute atomic E-state index is 14.8. The van der Waals surface area contributed by atoms with Gasteiger partial charge in [-0.15, -0.1) is 0 Å². The number of aromatic nitrogens is 1. The molecule has 3 fully saturated rings. The van der Waals surface area contributed by atoms with E-state index in [0.717, 1.165) is 60.5 Å². The van der Waals surface area contributed by atoms with E-state index < -0.39 is 20.2 Å². The molecular formula is C54H59N3O5Si. The molecule has 63 heavy (non-hydrogen) atoms. The fourth-order valence-electron chi connectivity index (χ4n) is 11.1. The number of imide groups is 1. The number of nitrogens with zero attached hydrogens (tertiary/aromatic N) is 3. The molecule has 4 aromatic carbocycles. The number of phenols is 1. The smallest absolute Gasteiger partial charge is 0.261 e. The molecule has 1 aliphatic carbocycles. The summed E-state index contributed by atoms with van der Waals surface area (Å²) in [6, 6.07) is 45.0. The molecule has 0 bridgehead atoms. The molecule has 3 aliphatic heterocycles. The lowest BCUT2D eigenvalue weighted by Gasteiger charge is -2.44. The third kappa shape index (κ3) is 8.64. The Hall–Kier alpha value is -5.45. The Balaban J connectivity index is 1.05. The number of amides is 2. The molecule has 0 unspecified atom stereocenters. The second-order valence-corrected chi connectivity index (χ2v) is 23.1. The molecule has 8 nitrogen and oxygen atoms in total. The number of rotatable bonds is 13. The molecule has 4 aliphatic rings. The van der Waals surface area contributed by atoms with E-state index in [1.54, 1.807) is 23.2 Å². The number of ether oxygens (including phenoxy) is 1. The van der Waals surface area contributed by atoms with E-state index in [9.17, 15) is 14.7 Å². The molecule has 1 aromatic heterocycles. The topological polar surface area (TPSA) is 92.2 Å². The molecule has 9 rings (SSSR count). The number of benzene rings is 4. The minimum Gasteiger partial charge on any atom is -0.508 e. The van der Waals surface area contributed by atoms with Gasteiger partial charge in [0.05, 0.1) is 36.8 Å². The van der Waals surface area contributed by atoms with Crippen LogP contribution in [0, 0.1) is 17.8 Å². The highest BCUT2D eigenvalue weighted by Crippen LogP contribution is 2.51. The second-order valence-electron chi connectivity index (χ2n) is 18.8. The van der Waals surface area contributed by atoms with Gasteiger partial charge in [-0.1, -0.05) is 130 Å². The Labute approximate surface area is 373 Å². The first-order chi connectivity index (χ1) is 30.6. The van der Waals surface area contributed by atoms with Crippen molar-refractivity contribution < 1.29 is 23.9 Å². The van der Waals surface area contributed by atoms with E-state index in [-0.39, 0.29) is 40.7 Å². The van der Waals surface area contributed by atoms with Crippen LogP contribution in [0.15, 0.2) is 151 Å². The maximum atomic E-state index is 14.8. The molecule has 4 heterocycles. The zero-order valence-corrected chi connectivity index (χ0v) is 37.7. The number of hydrogen-bond donors (Lipinski definition) is 1. The normalized spacial score (nSPS) is 22.4. The number of pyridine rings is 1. The average molecular weight is 858 g/mol.